The summed E-state index contributed by atoms with van der Waals surface area (Å²) in [5.74, 6) is 0.767. The smallest absolute Gasteiger partial charge is 0.416 e. The topological polar surface area (TPSA) is 41.6 Å². The summed E-state index contributed by atoms with van der Waals surface area (Å²) in [6.45, 7) is 0.660. The van der Waals surface area contributed by atoms with Crippen molar-refractivity contribution in [1.82, 2.24) is 10.2 Å². The minimum atomic E-state index is -4.36. The molecule has 2 aliphatic rings. The van der Waals surface area contributed by atoms with E-state index in [0.717, 1.165) is 36.3 Å². The van der Waals surface area contributed by atoms with Crippen molar-refractivity contribution in [2.24, 2.45) is 0 Å². The summed E-state index contributed by atoms with van der Waals surface area (Å²) < 4.78 is 43.7. The minimum Gasteiger partial charge on any atom is -0.491 e. The molecular formula is C20H19F3N2O2. The summed E-state index contributed by atoms with van der Waals surface area (Å²) in [6, 6.07) is 12.2. The number of hydrogen-bond donors (Lipinski definition) is 1. The fourth-order valence-electron chi connectivity index (χ4n) is 3.26. The Kier molecular flexibility index (Phi) is 4.45. The summed E-state index contributed by atoms with van der Waals surface area (Å²) >= 11 is 0. The van der Waals surface area contributed by atoms with Crippen LogP contribution in [0.5, 0.6) is 5.75 Å². The van der Waals surface area contributed by atoms with Gasteiger partial charge < -0.3 is 15.0 Å². The Labute approximate surface area is 154 Å². The van der Waals surface area contributed by atoms with Crippen molar-refractivity contribution in [3.05, 3.63) is 65.2 Å². The number of halogens is 3. The van der Waals surface area contributed by atoms with Gasteiger partial charge in [-0.1, -0.05) is 30.3 Å². The van der Waals surface area contributed by atoms with Crippen LogP contribution in [0.15, 0.2) is 48.5 Å². The van der Waals surface area contributed by atoms with Gasteiger partial charge in [-0.2, -0.15) is 13.2 Å². The van der Waals surface area contributed by atoms with Crippen molar-refractivity contribution >= 4 is 6.03 Å². The SMILES string of the molecule is O=C(N[C@@H]1COc2ccccc21)N(Cc1ccc(C(F)(F)F)cc1)C1CC1. The molecule has 7 heteroatoms. The van der Waals surface area contributed by atoms with Gasteiger partial charge in [-0.3, -0.25) is 0 Å². The first-order chi connectivity index (χ1) is 12.9. The van der Waals surface area contributed by atoms with Crippen LogP contribution in [0.2, 0.25) is 0 Å². The predicted molar refractivity (Wildman–Crippen MR) is 93.2 cm³/mol. The highest BCUT2D eigenvalue weighted by molar-refractivity contribution is 5.76. The lowest BCUT2D eigenvalue weighted by Crippen LogP contribution is -2.42. The molecule has 0 bridgehead atoms. The quantitative estimate of drug-likeness (QED) is 0.853. The van der Waals surface area contributed by atoms with E-state index in [9.17, 15) is 18.0 Å². The Morgan fingerprint density at radius 1 is 1.11 bits per heavy atom. The molecule has 142 valence electrons. The molecule has 2 amide bonds. The maximum Gasteiger partial charge on any atom is 0.416 e. The summed E-state index contributed by atoms with van der Waals surface area (Å²) in [5.41, 5.74) is 0.928. The third-order valence-electron chi connectivity index (χ3n) is 4.88. The number of urea groups is 1. The van der Waals surface area contributed by atoms with Gasteiger partial charge in [-0.25, -0.2) is 4.79 Å². The first-order valence-corrected chi connectivity index (χ1v) is 8.87. The molecule has 27 heavy (non-hydrogen) atoms. The van der Waals surface area contributed by atoms with Crippen LogP contribution in [0.1, 0.15) is 35.6 Å². The van der Waals surface area contributed by atoms with E-state index in [0.29, 0.717) is 12.2 Å². The van der Waals surface area contributed by atoms with Crippen molar-refractivity contribution in [1.29, 1.82) is 0 Å². The highest BCUT2D eigenvalue weighted by Gasteiger charge is 2.35. The van der Waals surface area contributed by atoms with Crippen molar-refractivity contribution in [2.75, 3.05) is 6.61 Å². The van der Waals surface area contributed by atoms with Crippen LogP contribution in [-0.2, 0) is 12.7 Å². The number of hydrogen-bond acceptors (Lipinski definition) is 2. The van der Waals surface area contributed by atoms with Crippen LogP contribution < -0.4 is 10.1 Å². The molecule has 0 spiro atoms. The number of carbonyl (C=O) groups is 1. The van der Waals surface area contributed by atoms with Gasteiger partial charge in [-0.05, 0) is 36.6 Å². The van der Waals surface area contributed by atoms with Crippen LogP contribution in [-0.4, -0.2) is 23.6 Å². The molecule has 0 radical (unpaired) electrons. The number of para-hydroxylation sites is 1. The lowest BCUT2D eigenvalue weighted by Gasteiger charge is -2.25. The Hall–Kier alpha value is -2.70. The number of alkyl halides is 3. The van der Waals surface area contributed by atoms with Gasteiger partial charge in [0.05, 0.1) is 11.6 Å². The van der Waals surface area contributed by atoms with Crippen LogP contribution in [0.3, 0.4) is 0 Å². The van der Waals surface area contributed by atoms with Crippen LogP contribution in [0, 0.1) is 0 Å². The fourth-order valence-corrected chi connectivity index (χ4v) is 3.26. The Morgan fingerprint density at radius 2 is 1.81 bits per heavy atom. The molecule has 0 unspecified atom stereocenters. The fraction of sp³-hybridized carbons (Fsp3) is 0.350. The maximum absolute atomic E-state index is 12.8. The molecular weight excluding hydrogens is 357 g/mol. The average molecular weight is 376 g/mol. The second-order valence-electron chi connectivity index (χ2n) is 6.90. The third-order valence-corrected chi connectivity index (χ3v) is 4.88. The second kappa shape index (κ2) is 6.79. The molecule has 4 nitrogen and oxygen atoms in total. The number of fused-ring (bicyclic) bond motifs is 1. The highest BCUT2D eigenvalue weighted by atomic mass is 19.4. The molecule has 0 aromatic heterocycles. The average Bonchev–Trinajstić information content (AvgIpc) is 3.41. The van der Waals surface area contributed by atoms with Crippen molar-refractivity contribution in [2.45, 2.75) is 37.6 Å². The van der Waals surface area contributed by atoms with Crippen LogP contribution in [0.4, 0.5) is 18.0 Å². The van der Waals surface area contributed by atoms with Gasteiger partial charge in [-0.15, -0.1) is 0 Å². The number of ether oxygens (including phenoxy) is 1. The van der Waals surface area contributed by atoms with Crippen molar-refractivity contribution in [3.8, 4) is 5.75 Å². The van der Waals surface area contributed by atoms with Gasteiger partial charge >= 0.3 is 12.2 Å². The van der Waals surface area contributed by atoms with Crippen molar-refractivity contribution < 1.29 is 22.7 Å². The largest absolute Gasteiger partial charge is 0.491 e. The van der Waals surface area contributed by atoms with Crippen LogP contribution in [0.25, 0.3) is 0 Å². The third kappa shape index (κ3) is 3.86. The maximum atomic E-state index is 12.8. The molecule has 2 aromatic carbocycles. The number of carbonyl (C=O) groups excluding carboxylic acids is 1. The Morgan fingerprint density at radius 3 is 2.48 bits per heavy atom. The molecule has 4 rings (SSSR count). The number of rotatable bonds is 4. The number of nitrogens with zero attached hydrogens (tertiary/aromatic N) is 1. The predicted octanol–water partition coefficient (Wildman–Crippen LogP) is 4.51. The van der Waals surface area contributed by atoms with E-state index in [1.807, 2.05) is 24.3 Å². The Bertz CT molecular complexity index is 832. The molecule has 1 aliphatic heterocycles. The van der Waals surface area contributed by atoms with Crippen molar-refractivity contribution in [3.63, 3.8) is 0 Å². The number of benzene rings is 2. The zero-order chi connectivity index (χ0) is 19.0. The van der Waals surface area contributed by atoms with E-state index in [2.05, 4.69) is 5.32 Å². The molecule has 0 saturated heterocycles. The van der Waals surface area contributed by atoms with Gasteiger partial charge in [0.15, 0.2) is 0 Å². The summed E-state index contributed by atoms with van der Waals surface area (Å²) in [6.07, 6.45) is -2.54. The molecule has 1 N–H and O–H groups in total. The molecule has 1 aliphatic carbocycles. The first kappa shape index (κ1) is 17.7. The monoisotopic (exact) mass is 376 g/mol. The number of nitrogens with one attached hydrogen (secondary N) is 1. The first-order valence-electron chi connectivity index (χ1n) is 8.87. The zero-order valence-electron chi connectivity index (χ0n) is 14.5. The second-order valence-corrected chi connectivity index (χ2v) is 6.90. The van der Waals surface area contributed by atoms with E-state index in [1.165, 1.54) is 12.1 Å². The molecule has 2 aromatic rings. The van der Waals surface area contributed by atoms with Gasteiger partial charge in [0.2, 0.25) is 0 Å². The lowest BCUT2D eigenvalue weighted by atomic mass is 10.1. The molecule has 1 fully saturated rings. The Balaban J connectivity index is 1.45. The van der Waals surface area contributed by atoms with Gasteiger partial charge in [0, 0.05) is 18.2 Å². The zero-order valence-corrected chi connectivity index (χ0v) is 14.5. The molecule has 1 atom stereocenters. The molecule has 1 saturated carbocycles. The summed E-state index contributed by atoms with van der Waals surface area (Å²) in [7, 11) is 0. The normalized spacial score (nSPS) is 18.6. The van der Waals surface area contributed by atoms with E-state index in [-0.39, 0.29) is 24.7 Å². The minimum absolute atomic E-state index is 0.129. The standard InChI is InChI=1S/C20H19F3N2O2/c21-20(22,23)14-7-5-13(6-8-14)11-25(15-9-10-15)19(26)24-17-12-27-18-4-2-1-3-16(17)18/h1-8,15,17H,9-12H2,(H,24,26)/t17-/m1/s1. The van der Waals surface area contributed by atoms with E-state index in [4.69, 9.17) is 4.74 Å². The van der Waals surface area contributed by atoms with Crippen LogP contribution >= 0.6 is 0 Å². The van der Waals surface area contributed by atoms with Gasteiger partial charge in [0.1, 0.15) is 12.4 Å². The summed E-state index contributed by atoms with van der Waals surface area (Å²) in [5, 5.41) is 2.99. The summed E-state index contributed by atoms with van der Waals surface area (Å²) in [4.78, 5) is 14.5. The van der Waals surface area contributed by atoms with E-state index < -0.39 is 11.7 Å². The van der Waals surface area contributed by atoms with E-state index in [1.54, 1.807) is 4.90 Å². The number of amides is 2. The molecule has 1 heterocycles. The van der Waals surface area contributed by atoms with E-state index >= 15 is 0 Å². The van der Waals surface area contributed by atoms with Gasteiger partial charge in [0.25, 0.3) is 0 Å². The highest BCUT2D eigenvalue weighted by Crippen LogP contribution is 2.34. The lowest BCUT2D eigenvalue weighted by molar-refractivity contribution is -0.137.